The van der Waals surface area contributed by atoms with Crippen LogP contribution in [0.25, 0.3) is 0 Å². The molecule has 98 valence electrons. The second kappa shape index (κ2) is 5.42. The maximum Gasteiger partial charge on any atom is 0.226 e. The molecule has 0 aliphatic rings. The van der Waals surface area contributed by atoms with Gasteiger partial charge in [0.2, 0.25) is 5.95 Å². The second-order valence-corrected chi connectivity index (χ2v) is 6.54. The van der Waals surface area contributed by atoms with Gasteiger partial charge in [-0.3, -0.25) is 4.57 Å². The fraction of sp³-hybridized carbons (Fsp3) is 0.455. The number of nitrogens with one attached hydrogen (secondary N) is 1. The Balaban J connectivity index is 2.24. The largest absolute Gasteiger partial charge is 0.339 e. The Morgan fingerprint density at radius 1 is 1.56 bits per heavy atom. The zero-order valence-corrected chi connectivity index (χ0v) is 12.9. The highest BCUT2D eigenvalue weighted by molar-refractivity contribution is 7.71. The van der Waals surface area contributed by atoms with Crippen LogP contribution in [0.5, 0.6) is 0 Å². The van der Waals surface area contributed by atoms with Gasteiger partial charge < -0.3 is 4.90 Å². The van der Waals surface area contributed by atoms with Crippen molar-refractivity contribution < 1.29 is 0 Å². The molecule has 0 spiro atoms. The molecule has 0 amide bonds. The molecule has 2 aromatic rings. The lowest BCUT2D eigenvalue weighted by Crippen LogP contribution is -2.21. The number of anilines is 1. The molecule has 0 aliphatic heterocycles. The number of H-pyrrole nitrogens is 1. The maximum absolute atomic E-state index is 5.93. The number of rotatable bonds is 4. The van der Waals surface area contributed by atoms with Gasteiger partial charge >= 0.3 is 0 Å². The van der Waals surface area contributed by atoms with E-state index in [-0.39, 0.29) is 6.04 Å². The van der Waals surface area contributed by atoms with Crippen molar-refractivity contribution in [1.82, 2.24) is 14.8 Å². The summed E-state index contributed by atoms with van der Waals surface area (Å²) in [5.74, 6) is 0.847. The summed E-state index contributed by atoms with van der Waals surface area (Å²) in [4.78, 5) is 3.26. The van der Waals surface area contributed by atoms with E-state index in [1.165, 1.54) is 4.88 Å². The smallest absolute Gasteiger partial charge is 0.226 e. The van der Waals surface area contributed by atoms with Crippen molar-refractivity contribution in [1.29, 1.82) is 0 Å². The molecule has 0 atom stereocenters. The first-order valence-electron chi connectivity index (χ1n) is 5.61. The minimum absolute atomic E-state index is 0.278. The van der Waals surface area contributed by atoms with Crippen LogP contribution in [0.1, 0.15) is 24.8 Å². The number of hydrogen-bond acceptors (Lipinski definition) is 4. The first kappa shape index (κ1) is 13.6. The van der Waals surface area contributed by atoms with Gasteiger partial charge in [0.15, 0.2) is 4.77 Å². The zero-order valence-electron chi connectivity index (χ0n) is 10.5. The number of nitrogens with zero attached hydrogens (tertiary/aromatic N) is 3. The molecule has 0 radical (unpaired) electrons. The quantitative estimate of drug-likeness (QED) is 0.871. The molecule has 0 unspecified atom stereocenters. The van der Waals surface area contributed by atoms with Crippen LogP contribution in [-0.4, -0.2) is 21.8 Å². The van der Waals surface area contributed by atoms with Gasteiger partial charge in [-0.05, 0) is 38.2 Å². The molecule has 2 aromatic heterocycles. The van der Waals surface area contributed by atoms with E-state index in [1.54, 1.807) is 11.3 Å². The third kappa shape index (κ3) is 2.76. The van der Waals surface area contributed by atoms with Gasteiger partial charge in [0.05, 0.1) is 10.9 Å². The molecule has 0 aromatic carbocycles. The van der Waals surface area contributed by atoms with Crippen LogP contribution in [0.2, 0.25) is 4.34 Å². The van der Waals surface area contributed by atoms with E-state index in [0.717, 1.165) is 16.8 Å². The van der Waals surface area contributed by atoms with Gasteiger partial charge in [-0.2, -0.15) is 0 Å². The minimum Gasteiger partial charge on any atom is -0.339 e. The highest BCUT2D eigenvalue weighted by Gasteiger charge is 2.14. The lowest BCUT2D eigenvalue weighted by atomic mass is 10.4. The van der Waals surface area contributed by atoms with Crippen molar-refractivity contribution in [3.8, 4) is 0 Å². The first-order chi connectivity index (χ1) is 8.49. The Morgan fingerprint density at radius 2 is 2.28 bits per heavy atom. The van der Waals surface area contributed by atoms with E-state index in [4.69, 9.17) is 23.8 Å². The summed E-state index contributed by atoms with van der Waals surface area (Å²) >= 11 is 12.8. The van der Waals surface area contributed by atoms with Crippen LogP contribution in [-0.2, 0) is 6.54 Å². The van der Waals surface area contributed by atoms with E-state index in [9.17, 15) is 0 Å². The SMILES string of the molecule is CC(C)n1c(N(C)Cc2ccc(Cl)s2)n[nH]c1=S. The first-order valence-corrected chi connectivity index (χ1v) is 7.21. The highest BCUT2D eigenvalue weighted by Crippen LogP contribution is 2.24. The van der Waals surface area contributed by atoms with Crippen LogP contribution < -0.4 is 4.90 Å². The van der Waals surface area contributed by atoms with Gasteiger partial charge in [-0.15, -0.1) is 16.4 Å². The average molecular weight is 303 g/mol. The summed E-state index contributed by atoms with van der Waals surface area (Å²) in [5.41, 5.74) is 0. The minimum atomic E-state index is 0.278. The third-order valence-electron chi connectivity index (χ3n) is 2.57. The van der Waals surface area contributed by atoms with Gasteiger partial charge in [-0.25, -0.2) is 5.10 Å². The third-order valence-corrected chi connectivity index (χ3v) is 4.07. The lowest BCUT2D eigenvalue weighted by Gasteiger charge is -2.19. The molecule has 0 saturated heterocycles. The van der Waals surface area contributed by atoms with Crippen molar-refractivity contribution in [2.24, 2.45) is 0 Å². The van der Waals surface area contributed by atoms with Crippen molar-refractivity contribution in [3.63, 3.8) is 0 Å². The average Bonchev–Trinajstić information content (AvgIpc) is 2.84. The number of thiophene rings is 1. The summed E-state index contributed by atoms with van der Waals surface area (Å²) in [6, 6.07) is 4.22. The molecule has 18 heavy (non-hydrogen) atoms. The Hall–Kier alpha value is -0.850. The zero-order chi connectivity index (χ0) is 13.3. The van der Waals surface area contributed by atoms with Crippen molar-refractivity contribution >= 4 is 41.1 Å². The Labute approximate surface area is 120 Å². The van der Waals surface area contributed by atoms with Crippen LogP contribution in [0.3, 0.4) is 0 Å². The Bertz CT molecular complexity index is 584. The summed E-state index contributed by atoms with van der Waals surface area (Å²) in [6.07, 6.45) is 0. The monoisotopic (exact) mass is 302 g/mol. The second-order valence-electron chi connectivity index (χ2n) is 4.35. The van der Waals surface area contributed by atoms with Crippen molar-refractivity contribution in [2.75, 3.05) is 11.9 Å². The van der Waals surface area contributed by atoms with Crippen LogP contribution >= 0.6 is 35.2 Å². The molecule has 0 aliphatic carbocycles. The van der Waals surface area contributed by atoms with Gasteiger partial charge in [0.25, 0.3) is 0 Å². The number of aromatic amines is 1. The molecule has 0 fully saturated rings. The van der Waals surface area contributed by atoms with Gasteiger partial charge in [0, 0.05) is 18.0 Å². The van der Waals surface area contributed by atoms with Crippen LogP contribution in [0, 0.1) is 4.77 Å². The maximum atomic E-state index is 5.93. The lowest BCUT2D eigenvalue weighted by molar-refractivity contribution is 0.584. The number of aromatic nitrogens is 3. The predicted octanol–water partition coefficient (Wildman–Crippen LogP) is 3.87. The van der Waals surface area contributed by atoms with E-state index < -0.39 is 0 Å². The summed E-state index contributed by atoms with van der Waals surface area (Å²) in [6.45, 7) is 4.94. The van der Waals surface area contributed by atoms with E-state index in [0.29, 0.717) is 4.77 Å². The Kier molecular flexibility index (Phi) is 4.09. The Morgan fingerprint density at radius 3 is 2.83 bits per heavy atom. The number of halogens is 1. The number of hydrogen-bond donors (Lipinski definition) is 1. The standard InChI is InChI=1S/C11H15ClN4S2/c1-7(2)16-10(13-14-11(16)17)15(3)6-8-4-5-9(12)18-8/h4-5,7H,6H2,1-3H3,(H,14,17). The van der Waals surface area contributed by atoms with E-state index >= 15 is 0 Å². The van der Waals surface area contributed by atoms with E-state index in [1.807, 2.05) is 23.7 Å². The van der Waals surface area contributed by atoms with Crippen LogP contribution in [0.15, 0.2) is 12.1 Å². The van der Waals surface area contributed by atoms with Crippen LogP contribution in [0.4, 0.5) is 5.95 Å². The van der Waals surface area contributed by atoms with Gasteiger partial charge in [0.1, 0.15) is 0 Å². The molecule has 0 saturated carbocycles. The molecular formula is C11H15ClN4S2. The molecule has 4 nitrogen and oxygen atoms in total. The normalized spacial score (nSPS) is 11.2. The summed E-state index contributed by atoms with van der Waals surface area (Å²) in [7, 11) is 2.00. The topological polar surface area (TPSA) is 36.9 Å². The molecule has 2 heterocycles. The van der Waals surface area contributed by atoms with E-state index in [2.05, 4.69) is 28.9 Å². The summed E-state index contributed by atoms with van der Waals surface area (Å²) < 4.78 is 3.46. The molecule has 2 rings (SSSR count). The van der Waals surface area contributed by atoms with Gasteiger partial charge in [-0.1, -0.05) is 11.6 Å². The predicted molar refractivity (Wildman–Crippen MR) is 79.2 cm³/mol. The fourth-order valence-corrected chi connectivity index (χ4v) is 3.25. The molecule has 0 bridgehead atoms. The highest BCUT2D eigenvalue weighted by atomic mass is 35.5. The molecule has 1 N–H and O–H groups in total. The van der Waals surface area contributed by atoms with Crippen molar-refractivity contribution in [3.05, 3.63) is 26.1 Å². The summed E-state index contributed by atoms with van der Waals surface area (Å²) in [5, 5.41) is 7.13. The van der Waals surface area contributed by atoms with Crippen molar-refractivity contribution in [2.45, 2.75) is 26.4 Å². The molecular weight excluding hydrogens is 288 g/mol. The molecule has 7 heteroatoms. The fourth-order valence-electron chi connectivity index (χ4n) is 1.77.